The van der Waals surface area contributed by atoms with Crippen LogP contribution in [0.5, 0.6) is 0 Å². The summed E-state index contributed by atoms with van der Waals surface area (Å²) in [6, 6.07) is 8.16. The molecular formula is C13H13N5S. The van der Waals surface area contributed by atoms with E-state index < -0.39 is 0 Å². The third-order valence-corrected chi connectivity index (χ3v) is 3.56. The Morgan fingerprint density at radius 1 is 1.37 bits per heavy atom. The van der Waals surface area contributed by atoms with Crippen LogP contribution in [-0.4, -0.2) is 19.7 Å². The third kappa shape index (κ3) is 2.63. The second-order valence-corrected chi connectivity index (χ2v) is 5.14. The summed E-state index contributed by atoms with van der Waals surface area (Å²) in [7, 11) is 1.94. The van der Waals surface area contributed by atoms with Crippen LogP contribution in [0.1, 0.15) is 4.88 Å². The molecule has 19 heavy (non-hydrogen) atoms. The van der Waals surface area contributed by atoms with Gasteiger partial charge in [0.15, 0.2) is 5.82 Å². The fraction of sp³-hybridized carbons (Fsp3) is 0.154. The highest BCUT2D eigenvalue weighted by Crippen LogP contribution is 2.20. The molecule has 0 amide bonds. The zero-order chi connectivity index (χ0) is 13.1. The van der Waals surface area contributed by atoms with Crippen LogP contribution in [0.15, 0.2) is 42.3 Å². The highest BCUT2D eigenvalue weighted by molar-refractivity contribution is 7.09. The lowest BCUT2D eigenvalue weighted by atomic mass is 10.2. The minimum Gasteiger partial charge on any atom is -0.380 e. The SMILES string of the molecule is Cn1cnnc1-c1cccc(NCc2cncs2)c1. The second kappa shape index (κ2) is 5.19. The van der Waals surface area contributed by atoms with Gasteiger partial charge in [-0.05, 0) is 12.1 Å². The van der Waals surface area contributed by atoms with Crippen LogP contribution >= 0.6 is 11.3 Å². The minimum atomic E-state index is 0.785. The normalized spacial score (nSPS) is 10.6. The molecule has 0 saturated carbocycles. The van der Waals surface area contributed by atoms with E-state index in [-0.39, 0.29) is 0 Å². The van der Waals surface area contributed by atoms with Gasteiger partial charge in [-0.25, -0.2) is 0 Å². The van der Waals surface area contributed by atoms with Crippen LogP contribution in [0, 0.1) is 0 Å². The Morgan fingerprint density at radius 2 is 2.32 bits per heavy atom. The molecule has 1 aromatic carbocycles. The number of hydrogen-bond acceptors (Lipinski definition) is 5. The van der Waals surface area contributed by atoms with Gasteiger partial charge in [0.25, 0.3) is 0 Å². The Hall–Kier alpha value is -2.21. The molecule has 5 nitrogen and oxygen atoms in total. The Bertz CT molecular complexity index is 659. The maximum atomic E-state index is 4.11. The second-order valence-electron chi connectivity index (χ2n) is 4.17. The Morgan fingerprint density at radius 3 is 3.05 bits per heavy atom. The van der Waals surface area contributed by atoms with Crippen molar-refractivity contribution in [2.45, 2.75) is 6.54 Å². The van der Waals surface area contributed by atoms with Gasteiger partial charge in [-0.3, -0.25) is 4.98 Å². The first-order valence-electron chi connectivity index (χ1n) is 5.88. The molecule has 1 N–H and O–H groups in total. The summed E-state index contributed by atoms with van der Waals surface area (Å²) in [5.41, 5.74) is 3.95. The predicted molar refractivity (Wildman–Crippen MR) is 75.9 cm³/mol. The summed E-state index contributed by atoms with van der Waals surface area (Å²) in [4.78, 5) is 5.27. The van der Waals surface area contributed by atoms with E-state index >= 15 is 0 Å². The predicted octanol–water partition coefficient (Wildman–Crippen LogP) is 2.55. The highest BCUT2D eigenvalue weighted by atomic mass is 32.1. The van der Waals surface area contributed by atoms with E-state index in [1.54, 1.807) is 17.7 Å². The average molecular weight is 271 g/mol. The third-order valence-electron chi connectivity index (χ3n) is 2.78. The summed E-state index contributed by atoms with van der Waals surface area (Å²) < 4.78 is 1.91. The molecular weight excluding hydrogens is 258 g/mol. The van der Waals surface area contributed by atoms with Crippen LogP contribution in [0.25, 0.3) is 11.4 Å². The van der Waals surface area contributed by atoms with Crippen molar-refractivity contribution in [3.63, 3.8) is 0 Å². The fourth-order valence-corrected chi connectivity index (χ4v) is 2.37. The van der Waals surface area contributed by atoms with Crippen molar-refractivity contribution in [1.29, 1.82) is 0 Å². The van der Waals surface area contributed by atoms with E-state index in [0.29, 0.717) is 0 Å². The van der Waals surface area contributed by atoms with Gasteiger partial charge < -0.3 is 9.88 Å². The number of nitrogens with zero attached hydrogens (tertiary/aromatic N) is 4. The van der Waals surface area contributed by atoms with Crippen molar-refractivity contribution in [3.8, 4) is 11.4 Å². The Labute approximate surface area is 115 Å². The number of benzene rings is 1. The number of aryl methyl sites for hydroxylation is 1. The van der Waals surface area contributed by atoms with Gasteiger partial charge in [-0.2, -0.15) is 0 Å². The monoisotopic (exact) mass is 271 g/mol. The Balaban J connectivity index is 1.78. The van der Waals surface area contributed by atoms with Crippen molar-refractivity contribution in [2.75, 3.05) is 5.32 Å². The number of rotatable bonds is 4. The molecule has 0 aliphatic rings. The lowest BCUT2D eigenvalue weighted by Gasteiger charge is -2.07. The number of aromatic nitrogens is 4. The molecule has 6 heteroatoms. The fourth-order valence-electron chi connectivity index (χ4n) is 1.83. The van der Waals surface area contributed by atoms with Gasteiger partial charge in [-0.15, -0.1) is 21.5 Å². The lowest BCUT2D eigenvalue weighted by Crippen LogP contribution is -1.98. The molecule has 0 bridgehead atoms. The molecule has 0 spiro atoms. The number of anilines is 1. The first-order valence-corrected chi connectivity index (χ1v) is 6.76. The molecule has 3 rings (SSSR count). The standard InChI is InChI=1S/C13H13N5S/c1-18-8-16-17-13(18)10-3-2-4-11(5-10)15-7-12-6-14-9-19-12/h2-6,8-9,15H,7H2,1H3. The highest BCUT2D eigenvalue weighted by Gasteiger charge is 2.05. The van der Waals surface area contributed by atoms with Crippen molar-refractivity contribution < 1.29 is 0 Å². The molecule has 2 heterocycles. The van der Waals surface area contributed by atoms with Crippen LogP contribution < -0.4 is 5.32 Å². The van der Waals surface area contributed by atoms with Crippen LogP contribution in [0.4, 0.5) is 5.69 Å². The quantitative estimate of drug-likeness (QED) is 0.792. The minimum absolute atomic E-state index is 0.785. The van der Waals surface area contributed by atoms with Gasteiger partial charge in [0.05, 0.1) is 12.1 Å². The van der Waals surface area contributed by atoms with E-state index in [9.17, 15) is 0 Å². The van der Waals surface area contributed by atoms with Gasteiger partial charge in [0, 0.05) is 29.4 Å². The summed E-state index contributed by atoms with van der Waals surface area (Å²) in [5.74, 6) is 0.862. The van der Waals surface area contributed by atoms with E-state index in [2.05, 4.69) is 26.6 Å². The van der Waals surface area contributed by atoms with Gasteiger partial charge in [0.1, 0.15) is 6.33 Å². The van der Waals surface area contributed by atoms with E-state index in [1.807, 2.05) is 41.5 Å². The summed E-state index contributed by atoms with van der Waals surface area (Å²) in [6.07, 6.45) is 3.58. The molecule has 0 radical (unpaired) electrons. The van der Waals surface area contributed by atoms with Crippen LogP contribution in [0.3, 0.4) is 0 Å². The van der Waals surface area contributed by atoms with Crippen molar-refractivity contribution in [1.82, 2.24) is 19.7 Å². The van der Waals surface area contributed by atoms with E-state index in [0.717, 1.165) is 23.6 Å². The smallest absolute Gasteiger partial charge is 0.163 e. The first kappa shape index (κ1) is 11.9. The van der Waals surface area contributed by atoms with E-state index in [4.69, 9.17) is 0 Å². The number of thiazole rings is 1. The molecule has 96 valence electrons. The molecule has 3 aromatic rings. The molecule has 0 atom stereocenters. The van der Waals surface area contributed by atoms with E-state index in [1.165, 1.54) is 4.88 Å². The average Bonchev–Trinajstić information content (AvgIpc) is 3.08. The summed E-state index contributed by atoms with van der Waals surface area (Å²) in [6.45, 7) is 0.785. The molecule has 0 fully saturated rings. The zero-order valence-electron chi connectivity index (χ0n) is 10.4. The maximum absolute atomic E-state index is 4.11. The summed E-state index contributed by atoms with van der Waals surface area (Å²) >= 11 is 1.65. The zero-order valence-corrected chi connectivity index (χ0v) is 11.3. The van der Waals surface area contributed by atoms with Crippen molar-refractivity contribution in [3.05, 3.63) is 47.2 Å². The molecule has 0 unspecified atom stereocenters. The Kier molecular flexibility index (Phi) is 3.24. The molecule has 0 aliphatic heterocycles. The number of nitrogens with one attached hydrogen (secondary N) is 1. The van der Waals surface area contributed by atoms with Gasteiger partial charge in [0.2, 0.25) is 0 Å². The van der Waals surface area contributed by atoms with Crippen molar-refractivity contribution >= 4 is 17.0 Å². The van der Waals surface area contributed by atoms with Crippen LogP contribution in [-0.2, 0) is 13.6 Å². The molecule has 2 aromatic heterocycles. The summed E-state index contributed by atoms with van der Waals surface area (Å²) in [5, 5.41) is 11.4. The lowest BCUT2D eigenvalue weighted by molar-refractivity contribution is 0.920. The molecule has 0 saturated heterocycles. The first-order chi connectivity index (χ1) is 9.33. The van der Waals surface area contributed by atoms with Gasteiger partial charge in [-0.1, -0.05) is 12.1 Å². The van der Waals surface area contributed by atoms with Gasteiger partial charge >= 0.3 is 0 Å². The van der Waals surface area contributed by atoms with Crippen molar-refractivity contribution in [2.24, 2.45) is 7.05 Å². The van der Waals surface area contributed by atoms with Crippen LogP contribution in [0.2, 0.25) is 0 Å². The number of hydrogen-bond donors (Lipinski definition) is 1. The molecule has 0 aliphatic carbocycles. The maximum Gasteiger partial charge on any atom is 0.163 e. The topological polar surface area (TPSA) is 55.6 Å². The largest absolute Gasteiger partial charge is 0.380 e.